The van der Waals surface area contributed by atoms with Crippen molar-refractivity contribution in [2.24, 2.45) is 0 Å². The van der Waals surface area contributed by atoms with Gasteiger partial charge in [0.2, 0.25) is 5.91 Å². The number of nitrogens with one attached hydrogen (secondary N) is 1. The molecule has 31 heavy (non-hydrogen) atoms. The Balaban J connectivity index is 1.16. The predicted octanol–water partition coefficient (Wildman–Crippen LogP) is 3.31. The number of Topliss-reactive ketones (excluding diaryl/α,β-unsaturated/α-hetero) is 1. The van der Waals surface area contributed by atoms with E-state index in [1.54, 1.807) is 18.2 Å². The fraction of sp³-hybridized carbons (Fsp3) is 0.417. The molecular weight excluding hydrogens is 410 g/mol. The monoisotopic (exact) mass is 439 g/mol. The van der Waals surface area contributed by atoms with Crippen molar-refractivity contribution in [1.82, 2.24) is 4.90 Å². The smallest absolute Gasteiger partial charge is 0.237 e. The largest absolute Gasteiger partial charge is 0.369 e. The average molecular weight is 440 g/mol. The van der Waals surface area contributed by atoms with Crippen molar-refractivity contribution < 1.29 is 13.8 Å². The molecular formula is C24H29N3O3S. The minimum Gasteiger partial charge on any atom is -0.369 e. The molecule has 1 atom stereocenters. The van der Waals surface area contributed by atoms with E-state index in [1.807, 2.05) is 0 Å². The zero-order valence-corrected chi connectivity index (χ0v) is 18.5. The van der Waals surface area contributed by atoms with Crippen LogP contribution in [0.15, 0.2) is 53.4 Å². The van der Waals surface area contributed by atoms with Crippen LogP contribution in [0.5, 0.6) is 0 Å². The molecule has 4 rings (SSSR count). The number of amides is 1. The molecule has 1 saturated heterocycles. The molecule has 2 aliphatic heterocycles. The number of benzene rings is 2. The summed E-state index contributed by atoms with van der Waals surface area (Å²) in [7, 11) is -1.32. The van der Waals surface area contributed by atoms with Gasteiger partial charge in [-0.15, -0.1) is 0 Å². The van der Waals surface area contributed by atoms with Gasteiger partial charge in [-0.1, -0.05) is 30.7 Å². The van der Waals surface area contributed by atoms with Gasteiger partial charge >= 0.3 is 0 Å². The molecule has 1 amide bonds. The molecule has 7 heteroatoms. The second-order valence-electron chi connectivity index (χ2n) is 8.15. The van der Waals surface area contributed by atoms with Crippen molar-refractivity contribution in [2.45, 2.75) is 30.6 Å². The molecule has 0 saturated carbocycles. The second kappa shape index (κ2) is 10.2. The van der Waals surface area contributed by atoms with Crippen LogP contribution in [-0.4, -0.2) is 59.3 Å². The minimum absolute atomic E-state index is 0.0123. The molecule has 2 aromatic carbocycles. The van der Waals surface area contributed by atoms with E-state index in [0.717, 1.165) is 52.0 Å². The standard InChI is InChI=1S/C24H29N3O3S/c28-22(19-10-11-23-21(17-19)25-24(29)18-31(23)30)9-5-2-6-12-26-13-15-27(16-14-26)20-7-3-1-4-8-20/h1,3-4,7-8,10-11,17H,2,5-6,9,12-16,18H2,(H,25,29). The zero-order valence-electron chi connectivity index (χ0n) is 17.7. The van der Waals surface area contributed by atoms with Gasteiger partial charge < -0.3 is 10.2 Å². The molecule has 2 heterocycles. The molecule has 164 valence electrons. The molecule has 6 nitrogen and oxygen atoms in total. The molecule has 0 spiro atoms. The van der Waals surface area contributed by atoms with Crippen LogP contribution in [0.2, 0.25) is 0 Å². The lowest BCUT2D eigenvalue weighted by molar-refractivity contribution is -0.114. The van der Waals surface area contributed by atoms with Crippen LogP contribution >= 0.6 is 0 Å². The lowest BCUT2D eigenvalue weighted by Crippen LogP contribution is -2.46. The predicted molar refractivity (Wildman–Crippen MR) is 124 cm³/mol. The Morgan fingerprint density at radius 2 is 1.74 bits per heavy atom. The summed E-state index contributed by atoms with van der Waals surface area (Å²) in [5.41, 5.74) is 2.39. The Morgan fingerprint density at radius 3 is 2.52 bits per heavy atom. The van der Waals surface area contributed by atoms with Crippen molar-refractivity contribution >= 4 is 33.9 Å². The number of ketones is 1. The van der Waals surface area contributed by atoms with Gasteiger partial charge in [0.25, 0.3) is 0 Å². The first-order chi connectivity index (χ1) is 15.1. The van der Waals surface area contributed by atoms with Crippen LogP contribution in [0.3, 0.4) is 0 Å². The fourth-order valence-corrected chi connectivity index (χ4v) is 5.23. The number of nitrogens with zero attached hydrogens (tertiary/aromatic N) is 2. The summed E-state index contributed by atoms with van der Waals surface area (Å²) in [5.74, 6) is -0.202. The number of anilines is 2. The number of carbonyl (C=O) groups excluding carboxylic acids is 2. The number of hydrogen-bond donors (Lipinski definition) is 1. The van der Waals surface area contributed by atoms with E-state index in [2.05, 4.69) is 45.4 Å². The van der Waals surface area contributed by atoms with Crippen LogP contribution < -0.4 is 10.2 Å². The van der Waals surface area contributed by atoms with Crippen molar-refractivity contribution in [3.63, 3.8) is 0 Å². The molecule has 0 radical (unpaired) electrons. The normalized spacial score (nSPS) is 19.0. The van der Waals surface area contributed by atoms with Gasteiger partial charge in [-0.25, -0.2) is 0 Å². The summed E-state index contributed by atoms with van der Waals surface area (Å²) in [6.45, 7) is 5.35. The van der Waals surface area contributed by atoms with Gasteiger partial charge in [-0.05, 0) is 43.7 Å². The van der Waals surface area contributed by atoms with Crippen molar-refractivity contribution in [3.8, 4) is 0 Å². The topological polar surface area (TPSA) is 69.7 Å². The molecule has 2 aromatic rings. The number of unbranched alkanes of at least 4 members (excludes halogenated alkanes) is 2. The third-order valence-electron chi connectivity index (χ3n) is 5.95. The molecule has 0 aromatic heterocycles. The minimum atomic E-state index is -1.32. The number of para-hydroxylation sites is 1. The molecule has 0 bridgehead atoms. The number of hydrogen-bond acceptors (Lipinski definition) is 5. The highest BCUT2D eigenvalue weighted by Gasteiger charge is 2.22. The van der Waals surface area contributed by atoms with E-state index in [-0.39, 0.29) is 17.4 Å². The van der Waals surface area contributed by atoms with Crippen LogP contribution in [0, 0.1) is 0 Å². The van der Waals surface area contributed by atoms with E-state index in [9.17, 15) is 13.8 Å². The van der Waals surface area contributed by atoms with Gasteiger partial charge in [0.1, 0.15) is 5.75 Å². The van der Waals surface area contributed by atoms with Crippen LogP contribution in [0.1, 0.15) is 36.0 Å². The van der Waals surface area contributed by atoms with Gasteiger partial charge in [0.15, 0.2) is 5.78 Å². The van der Waals surface area contributed by atoms with Crippen LogP contribution in [0.25, 0.3) is 0 Å². The van der Waals surface area contributed by atoms with Crippen molar-refractivity contribution in [2.75, 3.05) is 48.7 Å². The molecule has 1 unspecified atom stereocenters. The number of rotatable bonds is 8. The summed E-state index contributed by atoms with van der Waals surface area (Å²) in [4.78, 5) is 29.7. The van der Waals surface area contributed by atoms with Gasteiger partial charge in [0.05, 0.1) is 21.4 Å². The number of piperazine rings is 1. The highest BCUT2D eigenvalue weighted by molar-refractivity contribution is 7.86. The maximum absolute atomic E-state index is 12.5. The van der Waals surface area contributed by atoms with E-state index in [4.69, 9.17) is 0 Å². The maximum atomic E-state index is 12.5. The molecule has 1 fully saturated rings. The quantitative estimate of drug-likeness (QED) is 0.505. The van der Waals surface area contributed by atoms with E-state index in [0.29, 0.717) is 22.6 Å². The van der Waals surface area contributed by atoms with Crippen LogP contribution in [0.4, 0.5) is 11.4 Å². The summed E-state index contributed by atoms with van der Waals surface area (Å²) in [6.07, 6.45) is 3.48. The molecule has 1 N–H and O–H groups in total. The highest BCUT2D eigenvalue weighted by Crippen LogP contribution is 2.26. The first-order valence-corrected chi connectivity index (χ1v) is 12.3. The Labute approximate surface area is 186 Å². The molecule has 0 aliphatic carbocycles. The lowest BCUT2D eigenvalue weighted by atomic mass is 10.0. The van der Waals surface area contributed by atoms with E-state index < -0.39 is 10.8 Å². The van der Waals surface area contributed by atoms with E-state index >= 15 is 0 Å². The maximum Gasteiger partial charge on any atom is 0.237 e. The number of carbonyl (C=O) groups is 2. The van der Waals surface area contributed by atoms with Crippen molar-refractivity contribution in [1.29, 1.82) is 0 Å². The average Bonchev–Trinajstić information content (AvgIpc) is 2.79. The third kappa shape index (κ3) is 5.60. The molecule has 2 aliphatic rings. The fourth-order valence-electron chi connectivity index (χ4n) is 4.19. The Morgan fingerprint density at radius 1 is 0.968 bits per heavy atom. The first kappa shape index (κ1) is 21.7. The van der Waals surface area contributed by atoms with Gasteiger partial charge in [-0.3, -0.25) is 18.7 Å². The number of fused-ring (bicyclic) bond motifs is 1. The Bertz CT molecular complexity index is 956. The van der Waals surface area contributed by atoms with Crippen molar-refractivity contribution in [3.05, 3.63) is 54.1 Å². The Hall–Kier alpha value is -2.51. The van der Waals surface area contributed by atoms with Gasteiger partial charge in [0, 0.05) is 43.9 Å². The van der Waals surface area contributed by atoms with Gasteiger partial charge in [-0.2, -0.15) is 0 Å². The summed E-state index contributed by atoms with van der Waals surface area (Å²) in [5, 5.41) is 2.72. The summed E-state index contributed by atoms with van der Waals surface area (Å²) in [6, 6.07) is 15.7. The van der Waals surface area contributed by atoms with E-state index in [1.165, 1.54) is 5.69 Å². The Kier molecular flexibility index (Phi) is 7.14. The second-order valence-corrected chi connectivity index (χ2v) is 9.57. The SMILES string of the molecule is O=C1CS(=O)c2ccc(C(=O)CCCCCN3CCN(c4ccccc4)CC3)cc2N1. The van der Waals surface area contributed by atoms with Crippen LogP contribution in [-0.2, 0) is 15.6 Å². The summed E-state index contributed by atoms with van der Waals surface area (Å²) < 4.78 is 12.0. The first-order valence-electron chi connectivity index (χ1n) is 11.0. The lowest BCUT2D eigenvalue weighted by Gasteiger charge is -2.36. The summed E-state index contributed by atoms with van der Waals surface area (Å²) >= 11 is 0. The third-order valence-corrected chi connectivity index (χ3v) is 7.33. The zero-order chi connectivity index (χ0) is 21.6. The highest BCUT2D eigenvalue weighted by atomic mass is 32.2.